The second-order valence-electron chi connectivity index (χ2n) is 4.21. The number of aliphatic hydroxyl groups is 1. The summed E-state index contributed by atoms with van der Waals surface area (Å²) in [5.41, 5.74) is -0.884. The molecule has 0 bridgehead atoms. The summed E-state index contributed by atoms with van der Waals surface area (Å²) in [6.45, 7) is 2.44. The number of H-pyrrole nitrogens is 2. The number of hydrogen-bond acceptors (Lipinski definition) is 4. The van der Waals surface area contributed by atoms with Gasteiger partial charge in [0, 0.05) is 24.9 Å². The molecule has 1 atom stereocenters. The first-order chi connectivity index (χ1) is 8.51. The fraction of sp³-hybridized carbons (Fsp3) is 0.545. The highest BCUT2D eigenvalue weighted by Crippen LogP contribution is 1.98. The van der Waals surface area contributed by atoms with Gasteiger partial charge >= 0.3 is 5.69 Å². The lowest BCUT2D eigenvalue weighted by molar-refractivity contribution is -0.120. The van der Waals surface area contributed by atoms with Gasteiger partial charge in [-0.1, -0.05) is 6.92 Å². The molecule has 7 nitrogen and oxygen atoms in total. The van der Waals surface area contributed by atoms with Crippen LogP contribution in [-0.2, 0) is 11.2 Å². The SMILES string of the molecule is CC(CCO)CNC(=O)Cc1cc(=O)[nH]c(=O)[nH]1. The van der Waals surface area contributed by atoms with Gasteiger partial charge in [-0.05, 0) is 12.3 Å². The Morgan fingerprint density at radius 3 is 2.78 bits per heavy atom. The van der Waals surface area contributed by atoms with Crippen molar-refractivity contribution in [3.05, 3.63) is 32.6 Å². The highest BCUT2D eigenvalue weighted by atomic mass is 16.3. The molecular weight excluding hydrogens is 238 g/mol. The molecule has 0 aliphatic heterocycles. The van der Waals surface area contributed by atoms with Crippen molar-refractivity contribution >= 4 is 5.91 Å². The zero-order valence-electron chi connectivity index (χ0n) is 10.2. The number of hydrogen-bond donors (Lipinski definition) is 4. The molecule has 1 unspecified atom stereocenters. The third-order valence-electron chi connectivity index (χ3n) is 2.44. The van der Waals surface area contributed by atoms with Crippen LogP contribution in [0.4, 0.5) is 0 Å². The van der Waals surface area contributed by atoms with Crippen molar-refractivity contribution in [2.24, 2.45) is 5.92 Å². The predicted octanol–water partition coefficient (Wildman–Crippen LogP) is -1.26. The van der Waals surface area contributed by atoms with Crippen LogP contribution in [0.2, 0.25) is 0 Å². The highest BCUT2D eigenvalue weighted by molar-refractivity contribution is 5.77. The maximum Gasteiger partial charge on any atom is 0.325 e. The van der Waals surface area contributed by atoms with Crippen LogP contribution in [0, 0.1) is 5.92 Å². The van der Waals surface area contributed by atoms with Crippen LogP contribution in [-0.4, -0.2) is 34.1 Å². The van der Waals surface area contributed by atoms with Crippen molar-refractivity contribution in [1.82, 2.24) is 15.3 Å². The molecule has 7 heteroatoms. The molecule has 1 heterocycles. The Morgan fingerprint density at radius 2 is 2.17 bits per heavy atom. The van der Waals surface area contributed by atoms with Crippen molar-refractivity contribution in [1.29, 1.82) is 0 Å². The number of aromatic amines is 2. The Bertz CT molecular complexity index is 477. The molecule has 1 rings (SSSR count). The molecular formula is C11H17N3O4. The van der Waals surface area contributed by atoms with Gasteiger partial charge in [0.1, 0.15) is 0 Å². The highest BCUT2D eigenvalue weighted by Gasteiger charge is 2.07. The lowest BCUT2D eigenvalue weighted by atomic mass is 10.1. The molecule has 100 valence electrons. The van der Waals surface area contributed by atoms with E-state index in [1.54, 1.807) is 0 Å². The Morgan fingerprint density at radius 1 is 1.44 bits per heavy atom. The Balaban J connectivity index is 2.49. The van der Waals surface area contributed by atoms with Gasteiger partial charge in [-0.2, -0.15) is 0 Å². The van der Waals surface area contributed by atoms with Crippen LogP contribution in [0.25, 0.3) is 0 Å². The molecule has 18 heavy (non-hydrogen) atoms. The van der Waals surface area contributed by atoms with Crippen molar-refractivity contribution < 1.29 is 9.90 Å². The summed E-state index contributed by atoms with van der Waals surface area (Å²) in [4.78, 5) is 37.9. The first kappa shape index (κ1) is 14.2. The van der Waals surface area contributed by atoms with E-state index in [1.807, 2.05) is 11.9 Å². The quantitative estimate of drug-likeness (QED) is 0.508. The lowest BCUT2D eigenvalue weighted by Gasteiger charge is -2.10. The van der Waals surface area contributed by atoms with E-state index in [0.717, 1.165) is 0 Å². The van der Waals surface area contributed by atoms with Crippen LogP contribution < -0.4 is 16.6 Å². The van der Waals surface area contributed by atoms with Crippen LogP contribution in [0.1, 0.15) is 19.0 Å². The summed E-state index contributed by atoms with van der Waals surface area (Å²) in [7, 11) is 0. The molecule has 1 aromatic heterocycles. The molecule has 1 amide bonds. The Kier molecular flexibility index (Phi) is 5.31. The number of amides is 1. The van der Waals surface area contributed by atoms with Gasteiger partial charge in [-0.15, -0.1) is 0 Å². The summed E-state index contributed by atoms with van der Waals surface area (Å²) in [6.07, 6.45) is 0.563. The third kappa shape index (κ3) is 4.96. The van der Waals surface area contributed by atoms with Crippen molar-refractivity contribution in [3.63, 3.8) is 0 Å². The van der Waals surface area contributed by atoms with Gasteiger partial charge in [-0.3, -0.25) is 14.6 Å². The summed E-state index contributed by atoms with van der Waals surface area (Å²) >= 11 is 0. The third-order valence-corrected chi connectivity index (χ3v) is 2.44. The minimum Gasteiger partial charge on any atom is -0.396 e. The van der Waals surface area contributed by atoms with E-state index >= 15 is 0 Å². The van der Waals surface area contributed by atoms with E-state index in [9.17, 15) is 14.4 Å². The van der Waals surface area contributed by atoms with Gasteiger partial charge < -0.3 is 15.4 Å². The minimum atomic E-state index is -0.626. The maximum absolute atomic E-state index is 11.5. The predicted molar refractivity (Wildman–Crippen MR) is 65.3 cm³/mol. The maximum atomic E-state index is 11.5. The normalized spacial score (nSPS) is 12.1. The van der Waals surface area contributed by atoms with Crippen LogP contribution in [0.15, 0.2) is 15.7 Å². The fourth-order valence-electron chi connectivity index (χ4n) is 1.46. The molecule has 0 aromatic carbocycles. The van der Waals surface area contributed by atoms with E-state index < -0.39 is 11.2 Å². The number of rotatable bonds is 6. The summed E-state index contributed by atoms with van der Waals surface area (Å²) < 4.78 is 0. The average Bonchev–Trinajstić information content (AvgIpc) is 2.25. The van der Waals surface area contributed by atoms with Gasteiger partial charge in [0.15, 0.2) is 0 Å². The van der Waals surface area contributed by atoms with Crippen molar-refractivity contribution in [2.75, 3.05) is 13.2 Å². The number of carbonyl (C=O) groups excluding carboxylic acids is 1. The monoisotopic (exact) mass is 255 g/mol. The Labute approximate surface area is 103 Å². The Hall–Kier alpha value is -1.89. The molecule has 0 radical (unpaired) electrons. The average molecular weight is 255 g/mol. The zero-order valence-corrected chi connectivity index (χ0v) is 10.2. The number of nitrogens with one attached hydrogen (secondary N) is 3. The largest absolute Gasteiger partial charge is 0.396 e. The number of aliphatic hydroxyl groups excluding tert-OH is 1. The van der Waals surface area contributed by atoms with Crippen LogP contribution in [0.5, 0.6) is 0 Å². The van der Waals surface area contributed by atoms with Gasteiger partial charge in [0.05, 0.1) is 6.42 Å². The molecule has 0 aliphatic rings. The molecule has 4 N–H and O–H groups in total. The number of aromatic nitrogens is 2. The van der Waals surface area contributed by atoms with Crippen molar-refractivity contribution in [2.45, 2.75) is 19.8 Å². The van der Waals surface area contributed by atoms with E-state index in [-0.39, 0.29) is 30.5 Å². The van der Waals surface area contributed by atoms with Crippen LogP contribution in [0.3, 0.4) is 0 Å². The minimum absolute atomic E-state index is 0.0506. The van der Waals surface area contributed by atoms with E-state index in [0.29, 0.717) is 13.0 Å². The summed E-state index contributed by atoms with van der Waals surface area (Å²) in [5.74, 6) is -0.0989. The van der Waals surface area contributed by atoms with Crippen molar-refractivity contribution in [3.8, 4) is 0 Å². The number of carbonyl (C=O) groups is 1. The second kappa shape index (κ2) is 6.75. The van der Waals surface area contributed by atoms with E-state index in [2.05, 4.69) is 10.3 Å². The molecule has 0 fully saturated rings. The molecule has 0 aliphatic carbocycles. The van der Waals surface area contributed by atoms with E-state index in [4.69, 9.17) is 5.11 Å². The topological polar surface area (TPSA) is 115 Å². The molecule has 1 aromatic rings. The standard InChI is InChI=1S/C11H17N3O4/c1-7(2-3-15)6-12-9(16)4-8-5-10(17)14-11(18)13-8/h5,7,15H,2-4,6H2,1H3,(H,12,16)(H2,13,14,17,18). The summed E-state index contributed by atoms with van der Waals surface area (Å²) in [5, 5.41) is 11.4. The van der Waals surface area contributed by atoms with E-state index in [1.165, 1.54) is 6.07 Å². The molecule has 0 spiro atoms. The van der Waals surface area contributed by atoms with Crippen LogP contribution >= 0.6 is 0 Å². The van der Waals surface area contributed by atoms with Gasteiger partial charge in [0.25, 0.3) is 5.56 Å². The first-order valence-corrected chi connectivity index (χ1v) is 5.71. The van der Waals surface area contributed by atoms with Gasteiger partial charge in [0.2, 0.25) is 5.91 Å². The molecule has 0 saturated carbocycles. The zero-order chi connectivity index (χ0) is 13.5. The lowest BCUT2D eigenvalue weighted by Crippen LogP contribution is -2.32. The first-order valence-electron chi connectivity index (χ1n) is 5.71. The second-order valence-corrected chi connectivity index (χ2v) is 4.21. The smallest absolute Gasteiger partial charge is 0.325 e. The molecule has 0 saturated heterocycles. The summed E-state index contributed by atoms with van der Waals surface area (Å²) in [6, 6.07) is 1.18. The van der Waals surface area contributed by atoms with Gasteiger partial charge in [-0.25, -0.2) is 4.79 Å². The fourth-order valence-corrected chi connectivity index (χ4v) is 1.46.